The number of hydrogen-bond donors (Lipinski definition) is 2. The minimum Gasteiger partial charge on any atom is -0.374 e. The van der Waals surface area contributed by atoms with E-state index in [4.69, 9.17) is 4.74 Å². The molecule has 7 heteroatoms. The van der Waals surface area contributed by atoms with E-state index in [1.165, 1.54) is 0 Å². The second-order valence-electron chi connectivity index (χ2n) is 5.35. The van der Waals surface area contributed by atoms with Crippen LogP contribution in [0.4, 0.5) is 20.4 Å². The summed E-state index contributed by atoms with van der Waals surface area (Å²) in [6, 6.07) is 1.77. The smallest absolute Gasteiger partial charge is 0.261 e. The molecule has 0 aliphatic heterocycles. The van der Waals surface area contributed by atoms with E-state index in [0.29, 0.717) is 24.0 Å². The first-order chi connectivity index (χ1) is 9.32. The van der Waals surface area contributed by atoms with Crippen LogP contribution in [0.15, 0.2) is 6.07 Å². The predicted octanol–water partition coefficient (Wildman–Crippen LogP) is 2.51. The van der Waals surface area contributed by atoms with Gasteiger partial charge in [0, 0.05) is 25.1 Å². The van der Waals surface area contributed by atoms with Gasteiger partial charge in [0.25, 0.3) is 6.43 Å². The zero-order valence-electron chi connectivity index (χ0n) is 12.3. The molecular weight excluding hydrogens is 266 g/mol. The summed E-state index contributed by atoms with van der Waals surface area (Å²) in [5.74, 6) is 2.07. The summed E-state index contributed by atoms with van der Waals surface area (Å²) in [4.78, 5) is 8.82. The van der Waals surface area contributed by atoms with Crippen LogP contribution in [0.3, 0.4) is 0 Å². The predicted molar refractivity (Wildman–Crippen MR) is 75.6 cm³/mol. The first kappa shape index (κ1) is 16.6. The highest BCUT2D eigenvalue weighted by Gasteiger charge is 2.18. The van der Waals surface area contributed by atoms with Crippen LogP contribution in [0.1, 0.15) is 26.6 Å². The highest BCUT2D eigenvalue weighted by Crippen LogP contribution is 2.21. The summed E-state index contributed by atoms with van der Waals surface area (Å²) >= 11 is 0. The minimum absolute atomic E-state index is 0.171. The Morgan fingerprint density at radius 1 is 1.25 bits per heavy atom. The van der Waals surface area contributed by atoms with Crippen molar-refractivity contribution in [2.45, 2.75) is 32.6 Å². The van der Waals surface area contributed by atoms with Gasteiger partial charge in [-0.3, -0.25) is 0 Å². The molecular formula is C13H22F2N4O. The van der Waals surface area contributed by atoms with Gasteiger partial charge < -0.3 is 15.4 Å². The van der Waals surface area contributed by atoms with Crippen molar-refractivity contribution in [1.29, 1.82) is 0 Å². The van der Waals surface area contributed by atoms with E-state index in [-0.39, 0.29) is 12.0 Å². The molecule has 0 unspecified atom stereocenters. The van der Waals surface area contributed by atoms with Gasteiger partial charge in [-0.15, -0.1) is 0 Å². The Labute approximate surface area is 118 Å². The van der Waals surface area contributed by atoms with E-state index in [1.54, 1.807) is 13.1 Å². The molecule has 1 aromatic rings. The first-order valence-corrected chi connectivity index (χ1v) is 6.50. The molecule has 20 heavy (non-hydrogen) atoms. The molecule has 0 fully saturated rings. The Bertz CT molecular complexity index is 421. The largest absolute Gasteiger partial charge is 0.374 e. The number of anilines is 2. The van der Waals surface area contributed by atoms with Crippen LogP contribution in [-0.2, 0) is 10.2 Å². The van der Waals surface area contributed by atoms with Crippen LogP contribution in [0.2, 0.25) is 0 Å². The van der Waals surface area contributed by atoms with E-state index in [9.17, 15) is 8.78 Å². The van der Waals surface area contributed by atoms with E-state index in [2.05, 4.69) is 20.6 Å². The van der Waals surface area contributed by atoms with Crippen molar-refractivity contribution in [3.63, 3.8) is 0 Å². The average Bonchev–Trinajstić information content (AvgIpc) is 2.36. The fourth-order valence-electron chi connectivity index (χ4n) is 1.42. The average molecular weight is 288 g/mol. The Kier molecular flexibility index (Phi) is 6.06. The highest BCUT2D eigenvalue weighted by molar-refractivity contribution is 5.47. The van der Waals surface area contributed by atoms with Crippen molar-refractivity contribution in [1.82, 2.24) is 9.97 Å². The number of halogens is 2. The van der Waals surface area contributed by atoms with Gasteiger partial charge in [-0.2, -0.15) is 0 Å². The summed E-state index contributed by atoms with van der Waals surface area (Å²) in [6.07, 6.45) is -2.43. The molecule has 114 valence electrons. The molecule has 0 spiro atoms. The molecule has 0 atom stereocenters. The lowest BCUT2D eigenvalue weighted by Gasteiger charge is -2.18. The summed E-state index contributed by atoms with van der Waals surface area (Å²) in [5, 5.41) is 6.02. The maximum absolute atomic E-state index is 11.9. The lowest BCUT2D eigenvalue weighted by Crippen LogP contribution is -2.19. The van der Waals surface area contributed by atoms with Gasteiger partial charge >= 0.3 is 0 Å². The molecule has 0 saturated heterocycles. The number of rotatable bonds is 7. The number of alkyl halides is 2. The molecule has 0 saturated carbocycles. The SMILES string of the molecule is CNc1cc(NCCOCC(F)F)nc(C(C)(C)C)n1. The highest BCUT2D eigenvalue weighted by atomic mass is 19.3. The maximum Gasteiger partial charge on any atom is 0.261 e. The van der Waals surface area contributed by atoms with Crippen LogP contribution in [-0.4, -0.2) is 43.2 Å². The molecule has 0 aliphatic rings. The van der Waals surface area contributed by atoms with Gasteiger partial charge in [0.15, 0.2) is 0 Å². The summed E-state index contributed by atoms with van der Waals surface area (Å²) < 4.78 is 28.6. The standard InChI is InChI=1S/C13H22F2N4O/c1-13(2,3)12-18-10(16-4)7-11(19-12)17-5-6-20-8-9(14)15/h7,9H,5-6,8H2,1-4H3,(H2,16,17,18,19). The topological polar surface area (TPSA) is 59.1 Å². The quantitative estimate of drug-likeness (QED) is 0.755. The number of nitrogens with one attached hydrogen (secondary N) is 2. The lowest BCUT2D eigenvalue weighted by molar-refractivity contribution is 0.0215. The first-order valence-electron chi connectivity index (χ1n) is 6.50. The van der Waals surface area contributed by atoms with Crippen LogP contribution in [0.5, 0.6) is 0 Å². The van der Waals surface area contributed by atoms with Crippen molar-refractivity contribution < 1.29 is 13.5 Å². The maximum atomic E-state index is 11.9. The van der Waals surface area contributed by atoms with Crippen LogP contribution < -0.4 is 10.6 Å². The second-order valence-corrected chi connectivity index (χ2v) is 5.35. The van der Waals surface area contributed by atoms with Gasteiger partial charge in [0.1, 0.15) is 24.1 Å². The summed E-state index contributed by atoms with van der Waals surface area (Å²) in [7, 11) is 1.78. The molecule has 1 rings (SSSR count). The van der Waals surface area contributed by atoms with Crippen molar-refractivity contribution >= 4 is 11.6 Å². The second kappa shape index (κ2) is 7.33. The number of aromatic nitrogens is 2. The number of hydrogen-bond acceptors (Lipinski definition) is 5. The molecule has 0 bridgehead atoms. The minimum atomic E-state index is -2.43. The molecule has 0 amide bonds. The Balaban J connectivity index is 2.61. The third kappa shape index (κ3) is 5.64. The molecule has 1 heterocycles. The fraction of sp³-hybridized carbons (Fsp3) is 0.692. The van der Waals surface area contributed by atoms with Crippen LogP contribution in [0.25, 0.3) is 0 Å². The van der Waals surface area contributed by atoms with Crippen LogP contribution >= 0.6 is 0 Å². The van der Waals surface area contributed by atoms with Gasteiger partial charge in [-0.1, -0.05) is 20.8 Å². The molecule has 0 aromatic carbocycles. The molecule has 5 nitrogen and oxygen atoms in total. The zero-order valence-corrected chi connectivity index (χ0v) is 12.3. The molecule has 2 N–H and O–H groups in total. The Morgan fingerprint density at radius 2 is 1.90 bits per heavy atom. The molecule has 0 radical (unpaired) electrons. The zero-order chi connectivity index (χ0) is 15.2. The van der Waals surface area contributed by atoms with E-state index >= 15 is 0 Å². The molecule has 0 aliphatic carbocycles. The normalized spacial score (nSPS) is 11.8. The third-order valence-electron chi connectivity index (χ3n) is 2.45. The van der Waals surface area contributed by atoms with Crippen molar-refractivity contribution in [3.05, 3.63) is 11.9 Å². The third-order valence-corrected chi connectivity index (χ3v) is 2.45. The number of nitrogens with zero attached hydrogens (tertiary/aromatic N) is 2. The van der Waals surface area contributed by atoms with E-state index < -0.39 is 13.0 Å². The van der Waals surface area contributed by atoms with E-state index in [1.807, 2.05) is 20.8 Å². The fourth-order valence-corrected chi connectivity index (χ4v) is 1.42. The lowest BCUT2D eigenvalue weighted by atomic mass is 9.96. The van der Waals surface area contributed by atoms with Gasteiger partial charge in [-0.25, -0.2) is 18.7 Å². The number of ether oxygens (including phenoxy) is 1. The van der Waals surface area contributed by atoms with Gasteiger partial charge in [-0.05, 0) is 0 Å². The Morgan fingerprint density at radius 3 is 2.45 bits per heavy atom. The van der Waals surface area contributed by atoms with E-state index in [0.717, 1.165) is 0 Å². The molecule has 1 aromatic heterocycles. The summed E-state index contributed by atoms with van der Waals surface area (Å²) in [6.45, 7) is 6.15. The van der Waals surface area contributed by atoms with Crippen molar-refractivity contribution in [2.24, 2.45) is 0 Å². The van der Waals surface area contributed by atoms with Crippen LogP contribution in [0, 0.1) is 0 Å². The van der Waals surface area contributed by atoms with Gasteiger partial charge in [0.2, 0.25) is 0 Å². The monoisotopic (exact) mass is 288 g/mol. The van der Waals surface area contributed by atoms with Crippen molar-refractivity contribution in [2.75, 3.05) is 37.4 Å². The van der Waals surface area contributed by atoms with Gasteiger partial charge in [0.05, 0.1) is 6.61 Å². The van der Waals surface area contributed by atoms with Crippen molar-refractivity contribution in [3.8, 4) is 0 Å². The Hall–Kier alpha value is -1.50. The summed E-state index contributed by atoms with van der Waals surface area (Å²) in [5.41, 5.74) is -0.171.